The number of aromatic nitrogens is 1. The molecule has 1 amide bonds. The Kier molecular flexibility index (Phi) is 3.78. The lowest BCUT2D eigenvalue weighted by molar-refractivity contribution is -0.122. The van der Waals surface area contributed by atoms with Crippen molar-refractivity contribution in [1.82, 2.24) is 10.3 Å². The topological polar surface area (TPSA) is 80.5 Å². The Morgan fingerprint density at radius 3 is 2.95 bits per heavy atom. The predicted octanol–water partition coefficient (Wildman–Crippen LogP) is 0.776. The Balaban J connectivity index is 2.27. The maximum absolute atomic E-state index is 11.7. The third-order valence-electron chi connectivity index (χ3n) is 3.02. The molecule has 0 radical (unpaired) electrons. The van der Waals surface area contributed by atoms with Crippen molar-refractivity contribution >= 4 is 17.4 Å². The van der Waals surface area contributed by atoms with Gasteiger partial charge in [-0.05, 0) is 32.9 Å². The number of carbonyl (C=O) groups excluding carboxylic acids is 1. The standard InChI is InChI=1S/C13H20N4O2/c1-8(2)19-13-10(14)4-5-11(16-13)17-7-6-15-12(18)9(17)3/h4-5,8-9H,6-7,14H2,1-3H3,(H,15,18). The highest BCUT2D eigenvalue weighted by molar-refractivity contribution is 5.85. The molecule has 0 saturated carbocycles. The van der Waals surface area contributed by atoms with Crippen molar-refractivity contribution in [3.63, 3.8) is 0 Å². The number of anilines is 2. The Labute approximate surface area is 112 Å². The Morgan fingerprint density at radius 2 is 2.26 bits per heavy atom. The fourth-order valence-electron chi connectivity index (χ4n) is 2.01. The van der Waals surface area contributed by atoms with Crippen LogP contribution in [0.3, 0.4) is 0 Å². The molecule has 6 nitrogen and oxygen atoms in total. The third-order valence-corrected chi connectivity index (χ3v) is 3.02. The zero-order chi connectivity index (χ0) is 14.0. The lowest BCUT2D eigenvalue weighted by Gasteiger charge is -2.34. The summed E-state index contributed by atoms with van der Waals surface area (Å²) in [5, 5.41) is 2.83. The van der Waals surface area contributed by atoms with Crippen LogP contribution >= 0.6 is 0 Å². The van der Waals surface area contributed by atoms with Crippen molar-refractivity contribution in [2.45, 2.75) is 32.9 Å². The number of carbonyl (C=O) groups is 1. The van der Waals surface area contributed by atoms with E-state index in [9.17, 15) is 4.79 Å². The lowest BCUT2D eigenvalue weighted by Crippen LogP contribution is -2.54. The Bertz CT molecular complexity index is 476. The number of amides is 1. The van der Waals surface area contributed by atoms with E-state index in [-0.39, 0.29) is 18.1 Å². The SMILES string of the molecule is CC(C)Oc1nc(N2CCNC(=O)C2C)ccc1N. The number of nitrogens with zero attached hydrogens (tertiary/aromatic N) is 2. The van der Waals surface area contributed by atoms with Crippen LogP contribution in [0.2, 0.25) is 0 Å². The second-order valence-electron chi connectivity index (χ2n) is 4.89. The summed E-state index contributed by atoms with van der Waals surface area (Å²) in [5.41, 5.74) is 6.35. The molecule has 0 aromatic carbocycles. The number of rotatable bonds is 3. The van der Waals surface area contributed by atoms with Crippen LogP contribution in [0.25, 0.3) is 0 Å². The first kappa shape index (κ1) is 13.5. The van der Waals surface area contributed by atoms with Crippen LogP contribution in [0.1, 0.15) is 20.8 Å². The van der Waals surface area contributed by atoms with Crippen LogP contribution < -0.4 is 20.7 Å². The molecular weight excluding hydrogens is 244 g/mol. The van der Waals surface area contributed by atoms with Crippen LogP contribution in [0, 0.1) is 0 Å². The summed E-state index contributed by atoms with van der Waals surface area (Å²) < 4.78 is 5.58. The summed E-state index contributed by atoms with van der Waals surface area (Å²) in [7, 11) is 0. The molecule has 3 N–H and O–H groups in total. The van der Waals surface area contributed by atoms with Crippen LogP contribution in [0.4, 0.5) is 11.5 Å². The van der Waals surface area contributed by atoms with Crippen molar-refractivity contribution in [3.05, 3.63) is 12.1 Å². The molecule has 6 heteroatoms. The minimum Gasteiger partial charge on any atom is -0.473 e. The van der Waals surface area contributed by atoms with Crippen LogP contribution in [-0.4, -0.2) is 36.1 Å². The second-order valence-corrected chi connectivity index (χ2v) is 4.89. The van der Waals surface area contributed by atoms with E-state index in [2.05, 4.69) is 10.3 Å². The van der Waals surface area contributed by atoms with E-state index in [1.807, 2.05) is 31.7 Å². The molecule has 1 aliphatic heterocycles. The van der Waals surface area contributed by atoms with Crippen molar-refractivity contribution in [1.29, 1.82) is 0 Å². The van der Waals surface area contributed by atoms with Crippen LogP contribution in [-0.2, 0) is 4.79 Å². The molecule has 2 heterocycles. The van der Waals surface area contributed by atoms with Gasteiger partial charge in [0.1, 0.15) is 11.9 Å². The van der Waals surface area contributed by atoms with Gasteiger partial charge in [0.15, 0.2) is 0 Å². The van der Waals surface area contributed by atoms with E-state index < -0.39 is 0 Å². The minimum atomic E-state index is -0.239. The van der Waals surface area contributed by atoms with Crippen molar-refractivity contribution in [2.75, 3.05) is 23.7 Å². The number of hydrogen-bond donors (Lipinski definition) is 2. The van der Waals surface area contributed by atoms with Crippen LogP contribution in [0.5, 0.6) is 5.88 Å². The Hall–Kier alpha value is -1.98. The number of hydrogen-bond acceptors (Lipinski definition) is 5. The molecule has 1 fully saturated rings. The maximum atomic E-state index is 11.7. The maximum Gasteiger partial charge on any atom is 0.242 e. The van der Waals surface area contributed by atoms with E-state index in [4.69, 9.17) is 10.5 Å². The van der Waals surface area contributed by atoms with Gasteiger partial charge < -0.3 is 20.7 Å². The molecule has 1 atom stereocenters. The molecule has 1 aliphatic rings. The molecule has 2 rings (SSSR count). The molecule has 1 unspecified atom stereocenters. The van der Waals surface area contributed by atoms with Gasteiger partial charge in [0.05, 0.1) is 11.8 Å². The van der Waals surface area contributed by atoms with E-state index >= 15 is 0 Å². The molecule has 1 saturated heterocycles. The number of ether oxygens (including phenoxy) is 1. The number of pyridine rings is 1. The van der Waals surface area contributed by atoms with Gasteiger partial charge in [0.2, 0.25) is 11.8 Å². The Morgan fingerprint density at radius 1 is 1.53 bits per heavy atom. The highest BCUT2D eigenvalue weighted by atomic mass is 16.5. The molecule has 0 spiro atoms. The average Bonchev–Trinajstić information content (AvgIpc) is 2.35. The van der Waals surface area contributed by atoms with Crippen molar-refractivity contribution in [3.8, 4) is 5.88 Å². The van der Waals surface area contributed by atoms with E-state index in [1.54, 1.807) is 6.07 Å². The largest absolute Gasteiger partial charge is 0.473 e. The molecule has 1 aromatic heterocycles. The lowest BCUT2D eigenvalue weighted by atomic mass is 10.2. The van der Waals surface area contributed by atoms with E-state index in [0.717, 1.165) is 6.54 Å². The number of nitrogen functional groups attached to an aromatic ring is 1. The van der Waals surface area contributed by atoms with Crippen LogP contribution in [0.15, 0.2) is 12.1 Å². The summed E-state index contributed by atoms with van der Waals surface area (Å²) >= 11 is 0. The summed E-state index contributed by atoms with van der Waals surface area (Å²) in [6, 6.07) is 3.34. The zero-order valence-electron chi connectivity index (χ0n) is 11.5. The molecular formula is C13H20N4O2. The fourth-order valence-corrected chi connectivity index (χ4v) is 2.01. The van der Waals surface area contributed by atoms with Gasteiger partial charge in [-0.1, -0.05) is 0 Å². The molecule has 0 bridgehead atoms. The smallest absolute Gasteiger partial charge is 0.242 e. The first-order valence-electron chi connectivity index (χ1n) is 6.46. The van der Waals surface area contributed by atoms with Gasteiger partial charge >= 0.3 is 0 Å². The summed E-state index contributed by atoms with van der Waals surface area (Å²) in [6.07, 6.45) is 0.00660. The van der Waals surface area contributed by atoms with Gasteiger partial charge in [-0.3, -0.25) is 4.79 Å². The fraction of sp³-hybridized carbons (Fsp3) is 0.538. The second kappa shape index (κ2) is 5.34. The van der Waals surface area contributed by atoms with E-state index in [1.165, 1.54) is 0 Å². The molecule has 1 aromatic rings. The first-order valence-corrected chi connectivity index (χ1v) is 6.46. The van der Waals surface area contributed by atoms with Gasteiger partial charge in [-0.15, -0.1) is 0 Å². The van der Waals surface area contributed by atoms with Gasteiger partial charge in [-0.2, -0.15) is 4.98 Å². The monoisotopic (exact) mass is 264 g/mol. The molecule has 0 aliphatic carbocycles. The number of nitrogens with one attached hydrogen (secondary N) is 1. The summed E-state index contributed by atoms with van der Waals surface area (Å²) in [4.78, 5) is 18.0. The van der Waals surface area contributed by atoms with E-state index in [0.29, 0.717) is 23.9 Å². The van der Waals surface area contributed by atoms with Gasteiger partial charge in [0.25, 0.3) is 0 Å². The van der Waals surface area contributed by atoms with Crippen molar-refractivity contribution in [2.24, 2.45) is 0 Å². The normalized spacial score (nSPS) is 19.5. The highest BCUT2D eigenvalue weighted by Crippen LogP contribution is 2.25. The molecule has 19 heavy (non-hydrogen) atoms. The summed E-state index contributed by atoms with van der Waals surface area (Å²) in [5.74, 6) is 1.15. The minimum absolute atomic E-state index is 0.00660. The van der Waals surface area contributed by atoms with Gasteiger partial charge in [0, 0.05) is 13.1 Å². The highest BCUT2D eigenvalue weighted by Gasteiger charge is 2.26. The quantitative estimate of drug-likeness (QED) is 0.843. The first-order chi connectivity index (χ1) is 8.99. The number of nitrogens with two attached hydrogens (primary N) is 1. The predicted molar refractivity (Wildman–Crippen MR) is 74.2 cm³/mol. The molecule has 104 valence electrons. The summed E-state index contributed by atoms with van der Waals surface area (Å²) in [6.45, 7) is 7.05. The zero-order valence-corrected chi connectivity index (χ0v) is 11.5. The third kappa shape index (κ3) is 2.89. The van der Waals surface area contributed by atoms with Crippen molar-refractivity contribution < 1.29 is 9.53 Å². The average molecular weight is 264 g/mol. The number of piperazine rings is 1. The van der Waals surface area contributed by atoms with Gasteiger partial charge in [-0.25, -0.2) is 0 Å².